The van der Waals surface area contributed by atoms with Crippen molar-refractivity contribution in [2.24, 2.45) is 10.7 Å². The number of amides is 2. The summed E-state index contributed by atoms with van der Waals surface area (Å²) in [6.45, 7) is -0.128. The van der Waals surface area contributed by atoms with Gasteiger partial charge >= 0.3 is 0 Å². The number of hydrogen-bond acceptors (Lipinski definition) is 6. The molecule has 1 aliphatic heterocycles. The Morgan fingerprint density at radius 3 is 2.97 bits per heavy atom. The van der Waals surface area contributed by atoms with Gasteiger partial charge < -0.3 is 16.4 Å². The highest BCUT2D eigenvalue weighted by Gasteiger charge is 2.24. The number of halogens is 1. The molecule has 4 rings (SSSR count). The number of pyridine rings is 1. The molecule has 0 aliphatic carbocycles. The summed E-state index contributed by atoms with van der Waals surface area (Å²) in [7, 11) is 0. The van der Waals surface area contributed by atoms with Crippen molar-refractivity contribution in [3.05, 3.63) is 70.2 Å². The van der Waals surface area contributed by atoms with Gasteiger partial charge in [0.1, 0.15) is 0 Å². The van der Waals surface area contributed by atoms with Crippen LogP contribution in [0, 0.1) is 0 Å². The van der Waals surface area contributed by atoms with E-state index < -0.39 is 0 Å². The molecule has 3 aromatic rings. The lowest BCUT2D eigenvalue weighted by Crippen LogP contribution is -2.21. The predicted molar refractivity (Wildman–Crippen MR) is 122 cm³/mol. The van der Waals surface area contributed by atoms with Crippen molar-refractivity contribution in [2.75, 3.05) is 11.9 Å². The molecule has 30 heavy (non-hydrogen) atoms. The molecule has 0 bridgehead atoms. The second kappa shape index (κ2) is 8.66. The minimum Gasteiger partial charge on any atom is -0.325 e. The van der Waals surface area contributed by atoms with Gasteiger partial charge in [0.2, 0.25) is 5.91 Å². The topological polar surface area (TPSA) is 109 Å². The summed E-state index contributed by atoms with van der Waals surface area (Å²) >= 11 is 7.43. The second-order valence-electron chi connectivity index (χ2n) is 6.36. The van der Waals surface area contributed by atoms with Crippen LogP contribution >= 0.6 is 23.4 Å². The first-order valence-electron chi connectivity index (χ1n) is 8.96. The van der Waals surface area contributed by atoms with Crippen molar-refractivity contribution < 1.29 is 9.59 Å². The Kier molecular flexibility index (Phi) is 5.80. The molecule has 0 atom stereocenters. The van der Waals surface area contributed by atoms with Gasteiger partial charge in [0.05, 0.1) is 27.7 Å². The van der Waals surface area contributed by atoms with E-state index >= 15 is 0 Å². The predicted octanol–water partition coefficient (Wildman–Crippen LogP) is 3.68. The molecule has 2 heterocycles. The third-order valence-electron chi connectivity index (χ3n) is 4.21. The highest BCUT2D eigenvalue weighted by Crippen LogP contribution is 2.33. The van der Waals surface area contributed by atoms with Crippen molar-refractivity contribution in [1.82, 2.24) is 10.3 Å². The molecule has 4 N–H and O–H groups in total. The van der Waals surface area contributed by atoms with Crippen molar-refractivity contribution in [2.45, 2.75) is 0 Å². The number of carbonyl (C=O) groups excluding carboxylic acids is 2. The van der Waals surface area contributed by atoms with Crippen LogP contribution in [0.4, 0.5) is 11.4 Å². The number of nitrogens with two attached hydrogens (primary N) is 1. The number of anilines is 1. The number of nitrogens with zero attached hydrogens (tertiary/aromatic N) is 2. The number of rotatable bonds is 4. The number of hydrogen-bond donors (Lipinski definition) is 3. The molecule has 2 amide bonds. The average molecular weight is 438 g/mol. The minimum atomic E-state index is -0.324. The maximum atomic E-state index is 12.4. The van der Waals surface area contributed by atoms with Gasteiger partial charge in [-0.2, -0.15) is 0 Å². The average Bonchev–Trinajstić information content (AvgIpc) is 3.09. The summed E-state index contributed by atoms with van der Waals surface area (Å²) < 4.78 is 0. The molecule has 1 aromatic heterocycles. The van der Waals surface area contributed by atoms with Crippen molar-refractivity contribution >= 4 is 68.7 Å². The third-order valence-corrected chi connectivity index (χ3v) is 5.44. The molecule has 0 saturated carbocycles. The smallest absolute Gasteiger partial charge is 0.264 e. The zero-order chi connectivity index (χ0) is 21.1. The number of nitrogens with one attached hydrogen (secondary N) is 2. The molecule has 2 aromatic carbocycles. The van der Waals surface area contributed by atoms with Crippen LogP contribution in [0.3, 0.4) is 0 Å². The van der Waals surface area contributed by atoms with Gasteiger partial charge in [0.25, 0.3) is 5.91 Å². The van der Waals surface area contributed by atoms with Crippen molar-refractivity contribution in [3.63, 3.8) is 0 Å². The van der Waals surface area contributed by atoms with Crippen LogP contribution in [0.5, 0.6) is 0 Å². The number of carbonyl (C=O) groups is 2. The van der Waals surface area contributed by atoms with Crippen LogP contribution in [-0.4, -0.2) is 28.5 Å². The van der Waals surface area contributed by atoms with Crippen LogP contribution in [-0.2, 0) is 9.59 Å². The van der Waals surface area contributed by atoms with E-state index in [2.05, 4.69) is 20.6 Å². The molecule has 0 spiro atoms. The monoisotopic (exact) mass is 437 g/mol. The number of aromatic nitrogens is 1. The summed E-state index contributed by atoms with van der Waals surface area (Å²) in [5, 5.41) is 7.17. The van der Waals surface area contributed by atoms with Crippen molar-refractivity contribution in [3.8, 4) is 0 Å². The van der Waals surface area contributed by atoms with E-state index in [1.54, 1.807) is 30.5 Å². The molecular formula is C21H16ClN5O2S. The Morgan fingerprint density at radius 1 is 1.27 bits per heavy atom. The van der Waals surface area contributed by atoms with Gasteiger partial charge in [-0.3, -0.25) is 14.6 Å². The SMILES string of the molecule is NCC(=O)Nc1ccc(Cl)c(N=C2NC(=O)C(=Cc3ccc4ncccc4c3)S2)c1. The summed E-state index contributed by atoms with van der Waals surface area (Å²) in [5.41, 5.74) is 8.04. The van der Waals surface area contributed by atoms with Gasteiger partial charge in [-0.1, -0.05) is 23.7 Å². The number of benzene rings is 2. The Labute approximate surface area is 181 Å². The first-order chi connectivity index (χ1) is 14.5. The van der Waals surface area contributed by atoms with Gasteiger partial charge in [0.15, 0.2) is 5.17 Å². The van der Waals surface area contributed by atoms with E-state index in [9.17, 15) is 9.59 Å². The highest BCUT2D eigenvalue weighted by molar-refractivity contribution is 8.18. The maximum absolute atomic E-state index is 12.4. The summed E-state index contributed by atoms with van der Waals surface area (Å²) in [6.07, 6.45) is 3.54. The lowest BCUT2D eigenvalue weighted by Gasteiger charge is -2.06. The molecule has 150 valence electrons. The molecule has 1 fully saturated rings. The molecule has 0 radical (unpaired) electrons. The van der Waals surface area contributed by atoms with Crippen LogP contribution in [0.25, 0.3) is 17.0 Å². The molecule has 1 saturated heterocycles. The van der Waals surface area contributed by atoms with Gasteiger partial charge in [-0.05, 0) is 59.8 Å². The Morgan fingerprint density at radius 2 is 2.13 bits per heavy atom. The van der Waals surface area contributed by atoms with Crippen LogP contribution in [0.2, 0.25) is 5.02 Å². The first kappa shape index (κ1) is 20.1. The highest BCUT2D eigenvalue weighted by atomic mass is 35.5. The number of aliphatic imine (C=N–C) groups is 1. The fraction of sp³-hybridized carbons (Fsp3) is 0.0476. The van der Waals surface area contributed by atoms with E-state index in [4.69, 9.17) is 17.3 Å². The minimum absolute atomic E-state index is 0.128. The second-order valence-corrected chi connectivity index (χ2v) is 7.79. The number of thioether (sulfide) groups is 1. The molecular weight excluding hydrogens is 422 g/mol. The Balaban J connectivity index is 1.58. The van der Waals surface area contributed by atoms with E-state index in [-0.39, 0.29) is 18.4 Å². The fourth-order valence-electron chi connectivity index (χ4n) is 2.81. The zero-order valence-electron chi connectivity index (χ0n) is 15.6. The summed E-state index contributed by atoms with van der Waals surface area (Å²) in [4.78, 5) is 33.1. The standard InChI is InChI=1S/C21H16ClN5O2S/c22-15-5-4-14(25-19(28)11-23)10-17(15)26-21-27-20(29)18(30-21)9-12-3-6-16-13(8-12)2-1-7-24-16/h1-10H,11,23H2,(H,25,28)(H,26,27,29). The third kappa shape index (κ3) is 4.51. The van der Waals surface area contributed by atoms with E-state index in [1.807, 2.05) is 30.3 Å². The van der Waals surface area contributed by atoms with E-state index in [1.165, 1.54) is 11.8 Å². The normalized spacial score (nSPS) is 16.3. The van der Waals surface area contributed by atoms with Crippen LogP contribution in [0.15, 0.2) is 64.6 Å². The van der Waals surface area contributed by atoms with Gasteiger partial charge in [-0.25, -0.2) is 4.99 Å². The zero-order valence-corrected chi connectivity index (χ0v) is 17.1. The van der Waals surface area contributed by atoms with E-state index in [0.29, 0.717) is 26.5 Å². The van der Waals surface area contributed by atoms with Crippen LogP contribution in [0.1, 0.15) is 5.56 Å². The van der Waals surface area contributed by atoms with Crippen molar-refractivity contribution in [1.29, 1.82) is 0 Å². The van der Waals surface area contributed by atoms with E-state index in [0.717, 1.165) is 16.5 Å². The lowest BCUT2D eigenvalue weighted by molar-refractivity contribution is -0.115. The number of amidine groups is 1. The Bertz CT molecular complexity index is 1220. The summed E-state index contributed by atoms with van der Waals surface area (Å²) in [6, 6.07) is 14.5. The molecule has 1 aliphatic rings. The molecule has 7 nitrogen and oxygen atoms in total. The molecule has 0 unspecified atom stereocenters. The summed E-state index contributed by atoms with van der Waals surface area (Å²) in [5.74, 6) is -0.566. The fourth-order valence-corrected chi connectivity index (χ4v) is 3.81. The molecule has 9 heteroatoms. The largest absolute Gasteiger partial charge is 0.325 e. The quantitative estimate of drug-likeness (QED) is 0.539. The first-order valence-corrected chi connectivity index (χ1v) is 10.1. The van der Waals surface area contributed by atoms with Gasteiger partial charge in [0, 0.05) is 17.3 Å². The number of fused-ring (bicyclic) bond motifs is 1. The lowest BCUT2D eigenvalue weighted by atomic mass is 10.1. The Hall–Kier alpha value is -3.20. The van der Waals surface area contributed by atoms with Gasteiger partial charge in [-0.15, -0.1) is 0 Å². The van der Waals surface area contributed by atoms with Crippen LogP contribution < -0.4 is 16.4 Å². The maximum Gasteiger partial charge on any atom is 0.264 e.